The van der Waals surface area contributed by atoms with Gasteiger partial charge in [-0.3, -0.25) is 9.59 Å². The minimum Gasteiger partial charge on any atom is -0.467 e. The van der Waals surface area contributed by atoms with Crippen LogP contribution >= 0.6 is 11.3 Å². The highest BCUT2D eigenvalue weighted by Gasteiger charge is 2.53. The molecule has 2 aliphatic heterocycles. The predicted molar refractivity (Wildman–Crippen MR) is 233 cm³/mol. The Hall–Kier alpha value is -5.77. The van der Waals surface area contributed by atoms with Crippen molar-refractivity contribution in [1.29, 1.82) is 0 Å². The van der Waals surface area contributed by atoms with E-state index in [9.17, 15) is 14.7 Å². The smallest absolute Gasteiger partial charge is 0.248 e. The Morgan fingerprint density at radius 2 is 1.79 bits per heavy atom. The van der Waals surface area contributed by atoms with Crippen molar-refractivity contribution in [2.24, 2.45) is 11.3 Å². The van der Waals surface area contributed by atoms with E-state index in [0.717, 1.165) is 81.2 Å². The van der Waals surface area contributed by atoms with Crippen LogP contribution in [0.25, 0.3) is 32.6 Å². The van der Waals surface area contributed by atoms with E-state index < -0.39 is 18.2 Å². The molecule has 2 amide bonds. The van der Waals surface area contributed by atoms with Crippen molar-refractivity contribution in [3.05, 3.63) is 101 Å². The average molecular weight is 842 g/mol. The van der Waals surface area contributed by atoms with Crippen molar-refractivity contribution >= 4 is 39.7 Å². The van der Waals surface area contributed by atoms with E-state index in [4.69, 9.17) is 9.47 Å². The Kier molecular flexibility index (Phi) is 11.1. The maximum atomic E-state index is 14.3. The van der Waals surface area contributed by atoms with Gasteiger partial charge in [0, 0.05) is 67.3 Å². The van der Waals surface area contributed by atoms with Gasteiger partial charge in [-0.2, -0.15) is 0 Å². The first kappa shape index (κ1) is 40.6. The first-order chi connectivity index (χ1) is 29.5. The summed E-state index contributed by atoms with van der Waals surface area (Å²) < 4.78 is 12.5. The van der Waals surface area contributed by atoms with Crippen molar-refractivity contribution in [2.45, 2.75) is 77.1 Å². The Morgan fingerprint density at radius 3 is 2.52 bits per heavy atom. The number of likely N-dealkylation sites (tertiary alicyclic amines) is 1. The summed E-state index contributed by atoms with van der Waals surface area (Å²) in [6.07, 6.45) is 3.29. The van der Waals surface area contributed by atoms with Gasteiger partial charge in [-0.05, 0) is 74.1 Å². The number of amides is 2. The number of thiazole rings is 1. The zero-order valence-corrected chi connectivity index (χ0v) is 35.9. The number of hydrogen-bond acceptors (Lipinski definition) is 12. The van der Waals surface area contributed by atoms with E-state index in [0.29, 0.717) is 5.75 Å². The molecule has 14 nitrogen and oxygen atoms in total. The number of para-hydroxylation sites is 1. The number of benzene rings is 3. The lowest BCUT2D eigenvalue weighted by Crippen LogP contribution is -2.62. The van der Waals surface area contributed by atoms with Crippen LogP contribution in [0, 0.1) is 18.3 Å². The van der Waals surface area contributed by atoms with Crippen LogP contribution in [-0.2, 0) is 14.3 Å². The molecule has 3 aromatic heterocycles. The summed E-state index contributed by atoms with van der Waals surface area (Å²) in [5, 5.41) is 33.0. The second kappa shape index (κ2) is 16.6. The highest BCUT2D eigenvalue weighted by atomic mass is 32.1. The van der Waals surface area contributed by atoms with E-state index in [1.807, 2.05) is 94.0 Å². The van der Waals surface area contributed by atoms with E-state index in [1.54, 1.807) is 23.1 Å². The number of carbonyl (C=O) groups excluding carboxylic acids is 2. The molecule has 1 saturated carbocycles. The van der Waals surface area contributed by atoms with E-state index in [-0.39, 0.29) is 54.9 Å². The topological polar surface area (TPSA) is 161 Å². The molecule has 4 atom stereocenters. The standard InChI is InChI=1S/C46H51N9O5S/c1-27(2)42(45(58)54-21-35(56)18-40(54)44(57)48-28(3)30-10-12-31(13-11-30)43-29(4)47-25-61-43)55-22-39(51-52-55)33-19-46(20-33)23-53(24-46)34-15-14-32-16-38(50-49-37(32)17-34)36-8-6-7-9-41(36)60-26-59-5/h6-17,22,25,27-28,33,35,40,42,56H,18-21,23-24,26H2,1-5H3,(H,48,57)/t28-,35+,40-,42?/m0/s1. The quantitative estimate of drug-likeness (QED) is 0.119. The van der Waals surface area contributed by atoms with Crippen LogP contribution in [-0.4, -0.2) is 97.7 Å². The first-order valence-electron chi connectivity index (χ1n) is 20.9. The predicted octanol–water partition coefficient (Wildman–Crippen LogP) is 6.72. The first-order valence-corrected chi connectivity index (χ1v) is 21.8. The molecule has 6 aromatic rings. The summed E-state index contributed by atoms with van der Waals surface area (Å²) in [5.74, 6) is 0.300. The van der Waals surface area contributed by atoms with Gasteiger partial charge in [-0.25, -0.2) is 9.67 Å². The summed E-state index contributed by atoms with van der Waals surface area (Å²) in [6, 6.07) is 22.5. The zero-order chi connectivity index (χ0) is 42.4. The van der Waals surface area contributed by atoms with E-state index in [1.165, 1.54) is 4.90 Å². The number of nitrogens with one attached hydrogen (secondary N) is 1. The molecule has 5 heterocycles. The van der Waals surface area contributed by atoms with Crippen LogP contribution in [0.5, 0.6) is 5.75 Å². The van der Waals surface area contributed by atoms with Crippen molar-refractivity contribution in [3.63, 3.8) is 0 Å². The molecule has 0 radical (unpaired) electrons. The number of ether oxygens (including phenoxy) is 2. The molecular formula is C46H51N9O5S. The number of aliphatic hydroxyl groups is 1. The Morgan fingerprint density at radius 1 is 1.00 bits per heavy atom. The van der Waals surface area contributed by atoms with E-state index in [2.05, 4.69) is 53.9 Å². The maximum absolute atomic E-state index is 14.3. The molecule has 2 N–H and O–H groups in total. The van der Waals surface area contributed by atoms with Crippen molar-refractivity contribution in [3.8, 4) is 27.4 Å². The van der Waals surface area contributed by atoms with Crippen LogP contribution < -0.4 is 15.0 Å². The molecule has 316 valence electrons. The summed E-state index contributed by atoms with van der Waals surface area (Å²) in [5.41, 5.74) is 9.52. The summed E-state index contributed by atoms with van der Waals surface area (Å²) in [6.45, 7) is 10.0. The number of carbonyl (C=O) groups is 2. The molecule has 1 unspecified atom stereocenters. The maximum Gasteiger partial charge on any atom is 0.248 e. The van der Waals surface area contributed by atoms with Gasteiger partial charge in [0.1, 0.15) is 17.8 Å². The van der Waals surface area contributed by atoms with Crippen LogP contribution in [0.15, 0.2) is 84.5 Å². The minimum atomic E-state index is -0.797. The SMILES string of the molecule is COCOc1ccccc1-c1cc2ccc(N3CC4(CC(c5cn(C(C(=O)N6C[C@H](O)C[C@H]6C(=O)N[C@@H](C)c6ccc(-c7scnc7C)cc6)C(C)C)nn5)C4)C3)cc2nn1. The summed E-state index contributed by atoms with van der Waals surface area (Å²) in [7, 11) is 1.59. The molecule has 0 bridgehead atoms. The molecule has 3 fully saturated rings. The van der Waals surface area contributed by atoms with Crippen LogP contribution in [0.2, 0.25) is 0 Å². The molecule has 3 aliphatic rings. The van der Waals surface area contributed by atoms with Crippen LogP contribution in [0.4, 0.5) is 5.69 Å². The lowest BCUT2D eigenvalue weighted by atomic mass is 9.57. The molecule has 1 spiro atoms. The van der Waals surface area contributed by atoms with Gasteiger partial charge in [0.25, 0.3) is 0 Å². The third-order valence-corrected chi connectivity index (χ3v) is 13.6. The van der Waals surface area contributed by atoms with Gasteiger partial charge in [0.15, 0.2) is 6.79 Å². The fourth-order valence-electron chi connectivity index (χ4n) is 9.37. The molecule has 2 saturated heterocycles. The third-order valence-electron chi connectivity index (χ3n) is 12.6. The van der Waals surface area contributed by atoms with Crippen LogP contribution in [0.3, 0.4) is 0 Å². The number of aromatic nitrogens is 6. The van der Waals surface area contributed by atoms with E-state index >= 15 is 0 Å². The monoisotopic (exact) mass is 841 g/mol. The van der Waals surface area contributed by atoms with Crippen LogP contribution in [0.1, 0.15) is 75.0 Å². The number of hydrogen-bond donors (Lipinski definition) is 2. The number of nitrogens with zero attached hydrogens (tertiary/aromatic N) is 8. The highest BCUT2D eigenvalue weighted by molar-refractivity contribution is 7.13. The Bertz CT molecular complexity index is 2540. The molecular weight excluding hydrogens is 791 g/mol. The fraction of sp³-hybridized carbons (Fsp3) is 0.413. The molecule has 9 rings (SSSR count). The van der Waals surface area contributed by atoms with Gasteiger partial charge in [0.05, 0.1) is 45.1 Å². The molecule has 3 aromatic carbocycles. The number of rotatable bonds is 13. The Labute approximate surface area is 358 Å². The lowest BCUT2D eigenvalue weighted by Gasteiger charge is -2.59. The zero-order valence-electron chi connectivity index (χ0n) is 35.1. The average Bonchev–Trinajstić information content (AvgIpc) is 3.99. The molecule has 1 aliphatic carbocycles. The van der Waals surface area contributed by atoms with Crippen molar-refractivity contribution in [1.82, 2.24) is 40.4 Å². The number of methoxy groups -OCH3 is 1. The number of anilines is 1. The third kappa shape index (κ3) is 7.97. The Balaban J connectivity index is 0.810. The number of β-amino-alcohol motifs (C(OH)–C–C–N with tert-alkyl or cyclic N) is 1. The van der Waals surface area contributed by atoms with Gasteiger partial charge >= 0.3 is 0 Å². The van der Waals surface area contributed by atoms with Gasteiger partial charge in [0.2, 0.25) is 11.8 Å². The second-order valence-corrected chi connectivity index (χ2v) is 18.2. The summed E-state index contributed by atoms with van der Waals surface area (Å²) in [4.78, 5) is 37.4. The molecule has 15 heteroatoms. The molecule has 61 heavy (non-hydrogen) atoms. The number of aliphatic hydroxyl groups excluding tert-OH is 1. The second-order valence-electron chi connectivity index (χ2n) is 17.3. The summed E-state index contributed by atoms with van der Waals surface area (Å²) >= 11 is 1.60. The highest BCUT2D eigenvalue weighted by Crippen LogP contribution is 2.56. The minimum absolute atomic E-state index is 0.0880. The van der Waals surface area contributed by atoms with Crippen molar-refractivity contribution in [2.75, 3.05) is 38.4 Å². The fourth-order valence-corrected chi connectivity index (χ4v) is 10.2. The normalized spacial score (nSPS) is 19.5. The lowest BCUT2D eigenvalue weighted by molar-refractivity contribution is -0.142. The largest absolute Gasteiger partial charge is 0.467 e. The van der Waals surface area contributed by atoms with Gasteiger partial charge in [-0.1, -0.05) is 61.5 Å². The van der Waals surface area contributed by atoms with Gasteiger partial charge < -0.3 is 29.7 Å². The number of fused-ring (bicyclic) bond motifs is 1. The van der Waals surface area contributed by atoms with Crippen molar-refractivity contribution < 1.29 is 24.2 Å². The number of aryl methyl sites for hydroxylation is 1. The van der Waals surface area contributed by atoms with Gasteiger partial charge in [-0.15, -0.1) is 26.6 Å².